The van der Waals surface area contributed by atoms with Gasteiger partial charge in [-0.05, 0) is 51.0 Å². The number of anilines is 1. The van der Waals surface area contributed by atoms with Crippen LogP contribution in [-0.2, 0) is 12.8 Å². The minimum Gasteiger partial charge on any atom is -0.356 e. The minimum atomic E-state index is 1.03. The fraction of sp³-hybridized carbons (Fsp3) is 0.429. The Balaban J connectivity index is 1.78. The monoisotopic (exact) mass is 332 g/mol. The summed E-state index contributed by atoms with van der Waals surface area (Å²) in [5.74, 6) is 1.32. The number of hydrogen-bond donors (Lipinski definition) is 0. The van der Waals surface area contributed by atoms with E-state index in [0.717, 1.165) is 37.3 Å². The third kappa shape index (κ3) is 2.35. The summed E-state index contributed by atoms with van der Waals surface area (Å²) in [4.78, 5) is 7.64. The van der Waals surface area contributed by atoms with Gasteiger partial charge in [0.25, 0.3) is 0 Å². The van der Waals surface area contributed by atoms with Gasteiger partial charge in [0, 0.05) is 29.9 Å². The van der Waals surface area contributed by atoms with Gasteiger partial charge < -0.3 is 4.90 Å². The molecule has 0 unspecified atom stereocenters. The maximum absolute atomic E-state index is 5.08. The molecule has 4 heteroatoms. The van der Waals surface area contributed by atoms with Gasteiger partial charge in [-0.15, -0.1) is 0 Å². The molecule has 2 aliphatic rings. The van der Waals surface area contributed by atoms with Crippen LogP contribution in [-0.4, -0.2) is 27.7 Å². The van der Waals surface area contributed by atoms with Crippen molar-refractivity contribution >= 4 is 11.5 Å². The molecule has 5 rings (SSSR count). The third-order valence-electron chi connectivity index (χ3n) is 5.65. The van der Waals surface area contributed by atoms with Crippen LogP contribution in [0.5, 0.6) is 0 Å². The summed E-state index contributed by atoms with van der Waals surface area (Å²) in [6.07, 6.45) is 7.37. The first-order valence-corrected chi connectivity index (χ1v) is 9.54. The van der Waals surface area contributed by atoms with Crippen molar-refractivity contribution in [3.63, 3.8) is 0 Å². The summed E-state index contributed by atoms with van der Waals surface area (Å²) < 4.78 is 2.15. The van der Waals surface area contributed by atoms with Gasteiger partial charge in [0.1, 0.15) is 5.82 Å². The normalized spacial score (nSPS) is 17.2. The van der Waals surface area contributed by atoms with Crippen LogP contribution in [0, 0.1) is 6.92 Å². The second-order valence-electron chi connectivity index (χ2n) is 7.32. The van der Waals surface area contributed by atoms with Gasteiger partial charge in [0.05, 0.1) is 5.69 Å². The molecule has 2 aromatic heterocycles. The molecule has 0 radical (unpaired) electrons. The van der Waals surface area contributed by atoms with E-state index in [-0.39, 0.29) is 0 Å². The van der Waals surface area contributed by atoms with Crippen molar-refractivity contribution in [3.8, 4) is 11.1 Å². The van der Waals surface area contributed by atoms with Gasteiger partial charge in [-0.1, -0.05) is 30.3 Å². The Hall–Kier alpha value is -2.36. The Labute approximate surface area is 148 Å². The van der Waals surface area contributed by atoms with Crippen molar-refractivity contribution in [3.05, 3.63) is 47.3 Å². The molecule has 0 amide bonds. The van der Waals surface area contributed by atoms with Crippen LogP contribution in [0.25, 0.3) is 16.8 Å². The highest BCUT2D eigenvalue weighted by atomic mass is 15.4. The Morgan fingerprint density at radius 3 is 2.52 bits per heavy atom. The third-order valence-corrected chi connectivity index (χ3v) is 5.65. The van der Waals surface area contributed by atoms with Gasteiger partial charge in [-0.25, -0.2) is 4.98 Å². The molecule has 1 aliphatic carbocycles. The molecule has 1 saturated heterocycles. The van der Waals surface area contributed by atoms with Crippen molar-refractivity contribution in [2.24, 2.45) is 0 Å². The van der Waals surface area contributed by atoms with E-state index in [1.165, 1.54) is 53.9 Å². The molecule has 0 saturated carbocycles. The molecule has 1 aromatic carbocycles. The number of benzene rings is 1. The Kier molecular flexibility index (Phi) is 3.51. The van der Waals surface area contributed by atoms with E-state index in [1.54, 1.807) is 0 Å². The molecule has 0 spiro atoms. The number of nitrogens with zero attached hydrogens (tertiary/aromatic N) is 4. The topological polar surface area (TPSA) is 33.4 Å². The lowest BCUT2D eigenvalue weighted by Gasteiger charge is -2.30. The Morgan fingerprint density at radius 1 is 0.920 bits per heavy atom. The highest BCUT2D eigenvalue weighted by Crippen LogP contribution is 2.36. The second-order valence-corrected chi connectivity index (χ2v) is 7.32. The van der Waals surface area contributed by atoms with Crippen molar-refractivity contribution in [2.75, 3.05) is 18.0 Å². The molecule has 3 heterocycles. The maximum Gasteiger partial charge on any atom is 0.165 e. The average molecular weight is 332 g/mol. The lowest BCUT2D eigenvalue weighted by atomic mass is 10.1. The van der Waals surface area contributed by atoms with E-state index >= 15 is 0 Å². The molecule has 1 aliphatic heterocycles. The molecule has 4 nitrogen and oxygen atoms in total. The second kappa shape index (κ2) is 5.87. The molecule has 0 atom stereocenters. The van der Waals surface area contributed by atoms with Crippen molar-refractivity contribution < 1.29 is 0 Å². The lowest BCUT2D eigenvalue weighted by Crippen LogP contribution is -2.32. The van der Waals surface area contributed by atoms with Crippen LogP contribution in [0.15, 0.2) is 30.3 Å². The number of aryl methyl sites for hydroxylation is 2. The summed E-state index contributed by atoms with van der Waals surface area (Å²) >= 11 is 0. The minimum absolute atomic E-state index is 1.03. The van der Waals surface area contributed by atoms with Crippen LogP contribution in [0.4, 0.5) is 5.82 Å². The maximum atomic E-state index is 5.08. The molecular formula is C21H24N4. The molecule has 128 valence electrons. The summed E-state index contributed by atoms with van der Waals surface area (Å²) in [7, 11) is 0. The highest BCUT2D eigenvalue weighted by molar-refractivity contribution is 5.81. The van der Waals surface area contributed by atoms with E-state index in [0.29, 0.717) is 0 Å². The average Bonchev–Trinajstić information content (AvgIpc) is 3.24. The molecule has 0 bridgehead atoms. The number of hydrogen-bond acceptors (Lipinski definition) is 3. The van der Waals surface area contributed by atoms with Gasteiger partial charge in [0.2, 0.25) is 0 Å². The zero-order valence-corrected chi connectivity index (χ0v) is 14.8. The van der Waals surface area contributed by atoms with E-state index in [1.807, 2.05) is 0 Å². The summed E-state index contributed by atoms with van der Waals surface area (Å²) in [5.41, 5.74) is 7.24. The zero-order chi connectivity index (χ0) is 16.8. The summed E-state index contributed by atoms with van der Waals surface area (Å²) in [5, 5.41) is 4.95. The van der Waals surface area contributed by atoms with Gasteiger partial charge in [-0.3, -0.25) is 0 Å². The van der Waals surface area contributed by atoms with Crippen molar-refractivity contribution in [1.29, 1.82) is 0 Å². The molecule has 25 heavy (non-hydrogen) atoms. The van der Waals surface area contributed by atoms with Crippen LogP contribution < -0.4 is 4.90 Å². The number of piperidine rings is 1. The number of rotatable bonds is 2. The smallest absolute Gasteiger partial charge is 0.165 e. The number of fused-ring (bicyclic) bond motifs is 2. The van der Waals surface area contributed by atoms with E-state index in [2.05, 4.69) is 46.7 Å². The van der Waals surface area contributed by atoms with E-state index < -0.39 is 0 Å². The van der Waals surface area contributed by atoms with Gasteiger partial charge in [0.15, 0.2) is 5.65 Å². The lowest BCUT2D eigenvalue weighted by molar-refractivity contribution is 0.566. The van der Waals surface area contributed by atoms with Gasteiger partial charge >= 0.3 is 0 Å². The van der Waals surface area contributed by atoms with Gasteiger partial charge in [-0.2, -0.15) is 9.61 Å². The SMILES string of the molecule is Cc1nn2c(N3CCCCC3)c3c(nc2c1-c1ccccc1)CCC3. The molecule has 0 N–H and O–H groups in total. The van der Waals surface area contributed by atoms with Crippen LogP contribution >= 0.6 is 0 Å². The van der Waals surface area contributed by atoms with Crippen molar-refractivity contribution in [2.45, 2.75) is 45.4 Å². The zero-order valence-electron chi connectivity index (χ0n) is 14.8. The first kappa shape index (κ1) is 14.9. The fourth-order valence-corrected chi connectivity index (χ4v) is 4.49. The predicted molar refractivity (Wildman–Crippen MR) is 101 cm³/mol. The van der Waals surface area contributed by atoms with Crippen LogP contribution in [0.1, 0.15) is 42.6 Å². The molecule has 1 fully saturated rings. The first-order valence-electron chi connectivity index (χ1n) is 9.54. The van der Waals surface area contributed by atoms with Crippen molar-refractivity contribution in [1.82, 2.24) is 14.6 Å². The standard InChI is InChI=1S/C21H24N4/c1-15-19(16-9-4-2-5-10-16)20-22-18-12-8-11-17(18)21(25(20)23-15)24-13-6-3-7-14-24/h2,4-5,9-10H,3,6-8,11-14H2,1H3. The largest absolute Gasteiger partial charge is 0.356 e. The molecular weight excluding hydrogens is 308 g/mol. The Morgan fingerprint density at radius 2 is 1.72 bits per heavy atom. The first-order chi connectivity index (χ1) is 12.3. The molecule has 3 aromatic rings. The summed E-state index contributed by atoms with van der Waals surface area (Å²) in [6, 6.07) is 10.6. The van der Waals surface area contributed by atoms with Crippen LogP contribution in [0.2, 0.25) is 0 Å². The van der Waals surface area contributed by atoms with E-state index in [9.17, 15) is 0 Å². The van der Waals surface area contributed by atoms with E-state index in [4.69, 9.17) is 10.1 Å². The summed E-state index contributed by atoms with van der Waals surface area (Å²) in [6.45, 7) is 4.40. The Bertz CT molecular complexity index is 920. The predicted octanol–water partition coefficient (Wildman–Crippen LogP) is 4.18. The highest BCUT2D eigenvalue weighted by Gasteiger charge is 2.27. The quantitative estimate of drug-likeness (QED) is 0.706. The fourth-order valence-electron chi connectivity index (χ4n) is 4.49. The number of aromatic nitrogens is 3. The van der Waals surface area contributed by atoms with Crippen LogP contribution in [0.3, 0.4) is 0 Å².